The van der Waals surface area contributed by atoms with Gasteiger partial charge in [-0.1, -0.05) is 6.92 Å². The molecular formula is C17H38IN5O. The number of methoxy groups -OCH3 is 1. The zero-order valence-electron chi connectivity index (χ0n) is 16.0. The Morgan fingerprint density at radius 3 is 2.54 bits per heavy atom. The third kappa shape index (κ3) is 10.0. The molecule has 0 aromatic heterocycles. The van der Waals surface area contributed by atoms with Crippen LogP contribution in [0.5, 0.6) is 0 Å². The summed E-state index contributed by atoms with van der Waals surface area (Å²) in [6, 6.07) is 0.618. The second-order valence-electron chi connectivity index (χ2n) is 6.33. The number of nitrogens with zero attached hydrogens (tertiary/aromatic N) is 3. The van der Waals surface area contributed by atoms with E-state index in [-0.39, 0.29) is 24.0 Å². The van der Waals surface area contributed by atoms with Crippen LogP contribution in [0.4, 0.5) is 0 Å². The second-order valence-corrected chi connectivity index (χ2v) is 6.33. The zero-order chi connectivity index (χ0) is 16.9. The van der Waals surface area contributed by atoms with E-state index >= 15 is 0 Å². The largest absolute Gasteiger partial charge is 0.385 e. The summed E-state index contributed by atoms with van der Waals surface area (Å²) in [5.41, 5.74) is 0. The van der Waals surface area contributed by atoms with Gasteiger partial charge in [-0.05, 0) is 45.8 Å². The van der Waals surface area contributed by atoms with E-state index in [2.05, 4.69) is 39.4 Å². The molecule has 0 bridgehead atoms. The van der Waals surface area contributed by atoms with Gasteiger partial charge in [0.1, 0.15) is 0 Å². The van der Waals surface area contributed by atoms with Crippen LogP contribution < -0.4 is 10.6 Å². The van der Waals surface area contributed by atoms with Crippen LogP contribution in [0.25, 0.3) is 0 Å². The van der Waals surface area contributed by atoms with Crippen molar-refractivity contribution >= 4 is 29.9 Å². The molecule has 1 rings (SSSR count). The van der Waals surface area contributed by atoms with E-state index in [4.69, 9.17) is 4.74 Å². The fraction of sp³-hybridized carbons (Fsp3) is 0.941. The average molecular weight is 455 g/mol. The summed E-state index contributed by atoms with van der Waals surface area (Å²) in [6.45, 7) is 9.55. The van der Waals surface area contributed by atoms with Crippen LogP contribution in [0, 0.1) is 0 Å². The molecule has 144 valence electrons. The SMILES string of the molecule is CCC(CNC(=NC)NCCN(C)CCCOC)N1CCCC1.I. The van der Waals surface area contributed by atoms with Crippen LogP contribution in [0.2, 0.25) is 0 Å². The molecule has 0 radical (unpaired) electrons. The van der Waals surface area contributed by atoms with E-state index < -0.39 is 0 Å². The number of nitrogens with one attached hydrogen (secondary N) is 2. The molecule has 1 atom stereocenters. The zero-order valence-corrected chi connectivity index (χ0v) is 18.3. The number of likely N-dealkylation sites (N-methyl/N-ethyl adjacent to an activating group) is 1. The molecule has 1 unspecified atom stereocenters. The lowest BCUT2D eigenvalue weighted by molar-refractivity contribution is 0.180. The van der Waals surface area contributed by atoms with Gasteiger partial charge in [0.15, 0.2) is 5.96 Å². The van der Waals surface area contributed by atoms with Crippen molar-refractivity contribution in [3.63, 3.8) is 0 Å². The normalized spacial score (nSPS) is 17.0. The first kappa shape index (κ1) is 23.9. The number of likely N-dealkylation sites (tertiary alicyclic amines) is 1. The van der Waals surface area contributed by atoms with Gasteiger partial charge < -0.3 is 20.3 Å². The van der Waals surface area contributed by atoms with Gasteiger partial charge in [0.05, 0.1) is 0 Å². The lowest BCUT2D eigenvalue weighted by Gasteiger charge is -2.27. The highest BCUT2D eigenvalue weighted by Gasteiger charge is 2.20. The Hall–Kier alpha value is -0.120. The Labute approximate surface area is 165 Å². The first-order chi connectivity index (χ1) is 11.2. The quantitative estimate of drug-likeness (QED) is 0.215. The minimum absolute atomic E-state index is 0. The predicted molar refractivity (Wildman–Crippen MR) is 114 cm³/mol. The fourth-order valence-electron chi connectivity index (χ4n) is 3.03. The van der Waals surface area contributed by atoms with Crippen LogP contribution in [0.1, 0.15) is 32.6 Å². The highest BCUT2D eigenvalue weighted by Crippen LogP contribution is 2.13. The first-order valence-corrected chi connectivity index (χ1v) is 9.07. The van der Waals surface area contributed by atoms with Crippen molar-refractivity contribution in [1.29, 1.82) is 0 Å². The third-order valence-electron chi connectivity index (χ3n) is 4.53. The monoisotopic (exact) mass is 455 g/mol. The van der Waals surface area contributed by atoms with Gasteiger partial charge in [-0.25, -0.2) is 0 Å². The van der Waals surface area contributed by atoms with Gasteiger partial charge in [-0.2, -0.15) is 0 Å². The fourth-order valence-corrected chi connectivity index (χ4v) is 3.03. The highest BCUT2D eigenvalue weighted by molar-refractivity contribution is 14.0. The van der Waals surface area contributed by atoms with Crippen LogP contribution in [-0.4, -0.2) is 88.9 Å². The molecule has 0 aromatic carbocycles. The highest BCUT2D eigenvalue weighted by atomic mass is 127. The summed E-state index contributed by atoms with van der Waals surface area (Å²) >= 11 is 0. The summed E-state index contributed by atoms with van der Waals surface area (Å²) in [4.78, 5) is 9.25. The van der Waals surface area contributed by atoms with Crippen LogP contribution in [-0.2, 0) is 4.74 Å². The minimum atomic E-state index is 0. The maximum absolute atomic E-state index is 5.08. The van der Waals surface area contributed by atoms with E-state index in [1.165, 1.54) is 32.4 Å². The average Bonchev–Trinajstić information content (AvgIpc) is 3.08. The summed E-state index contributed by atoms with van der Waals surface area (Å²) in [6.07, 6.45) is 4.96. The van der Waals surface area contributed by atoms with Crippen molar-refractivity contribution in [3.05, 3.63) is 0 Å². The van der Waals surface area contributed by atoms with Crippen molar-refractivity contribution in [2.45, 2.75) is 38.6 Å². The summed E-state index contributed by atoms with van der Waals surface area (Å²) in [7, 11) is 5.74. The number of halogens is 1. The van der Waals surface area contributed by atoms with Gasteiger partial charge in [0.2, 0.25) is 0 Å². The Bertz CT molecular complexity index is 324. The van der Waals surface area contributed by atoms with E-state index in [1.807, 2.05) is 7.05 Å². The van der Waals surface area contributed by atoms with Crippen LogP contribution in [0.3, 0.4) is 0 Å². The Kier molecular flexibility index (Phi) is 15.1. The molecule has 0 spiro atoms. The van der Waals surface area contributed by atoms with Gasteiger partial charge in [-0.3, -0.25) is 9.89 Å². The smallest absolute Gasteiger partial charge is 0.191 e. The Morgan fingerprint density at radius 1 is 1.25 bits per heavy atom. The molecule has 6 nitrogen and oxygen atoms in total. The van der Waals surface area contributed by atoms with Crippen molar-refractivity contribution in [1.82, 2.24) is 20.4 Å². The molecule has 0 amide bonds. The summed E-state index contributed by atoms with van der Waals surface area (Å²) in [5.74, 6) is 0.910. The molecule has 2 N–H and O–H groups in total. The molecule has 0 aromatic rings. The minimum Gasteiger partial charge on any atom is -0.385 e. The van der Waals surface area contributed by atoms with E-state index in [1.54, 1.807) is 7.11 Å². The number of ether oxygens (including phenoxy) is 1. The van der Waals surface area contributed by atoms with Crippen molar-refractivity contribution in [2.24, 2.45) is 4.99 Å². The molecule has 24 heavy (non-hydrogen) atoms. The lowest BCUT2D eigenvalue weighted by Crippen LogP contribution is -2.47. The Balaban J connectivity index is 0.00000529. The topological polar surface area (TPSA) is 52.1 Å². The second kappa shape index (κ2) is 15.2. The molecule has 0 aliphatic carbocycles. The number of rotatable bonds is 11. The van der Waals surface area contributed by atoms with Gasteiger partial charge in [-0.15, -0.1) is 24.0 Å². The van der Waals surface area contributed by atoms with Gasteiger partial charge >= 0.3 is 0 Å². The number of hydrogen-bond donors (Lipinski definition) is 2. The van der Waals surface area contributed by atoms with Crippen molar-refractivity contribution in [3.8, 4) is 0 Å². The summed E-state index contributed by atoms with van der Waals surface area (Å²) in [5, 5.41) is 6.89. The number of aliphatic imine (C=N–C) groups is 1. The molecule has 1 aliphatic rings. The number of guanidine groups is 1. The van der Waals surface area contributed by atoms with E-state index in [0.29, 0.717) is 6.04 Å². The molecule has 0 saturated carbocycles. The van der Waals surface area contributed by atoms with Crippen molar-refractivity contribution < 1.29 is 4.74 Å². The maximum Gasteiger partial charge on any atom is 0.191 e. The van der Waals surface area contributed by atoms with E-state index in [0.717, 1.165) is 45.2 Å². The standard InChI is InChI=1S/C17H37N5O.HI/c1-5-16(22-11-6-7-12-22)15-20-17(18-2)19-9-13-21(3)10-8-14-23-4;/h16H,5-15H2,1-4H3,(H2,18,19,20);1H. The number of hydrogen-bond acceptors (Lipinski definition) is 4. The Morgan fingerprint density at radius 2 is 1.96 bits per heavy atom. The van der Waals surface area contributed by atoms with Gasteiger partial charge in [0.25, 0.3) is 0 Å². The first-order valence-electron chi connectivity index (χ1n) is 9.07. The maximum atomic E-state index is 5.08. The van der Waals surface area contributed by atoms with Crippen LogP contribution in [0.15, 0.2) is 4.99 Å². The molecule has 7 heteroatoms. The van der Waals surface area contributed by atoms with Crippen molar-refractivity contribution in [2.75, 3.05) is 67.1 Å². The molecule has 1 heterocycles. The molecular weight excluding hydrogens is 417 g/mol. The van der Waals surface area contributed by atoms with E-state index in [9.17, 15) is 0 Å². The van der Waals surface area contributed by atoms with Gasteiger partial charge in [0, 0.05) is 53.0 Å². The summed E-state index contributed by atoms with van der Waals surface area (Å²) < 4.78 is 5.08. The molecule has 1 saturated heterocycles. The molecule has 1 aliphatic heterocycles. The third-order valence-corrected chi connectivity index (χ3v) is 4.53. The molecule has 1 fully saturated rings. The lowest BCUT2D eigenvalue weighted by atomic mass is 10.2. The predicted octanol–water partition coefficient (Wildman–Crippen LogP) is 1.61. The van der Waals surface area contributed by atoms with Crippen LogP contribution >= 0.6 is 24.0 Å².